The van der Waals surface area contributed by atoms with Crippen LogP contribution >= 0.6 is 11.3 Å². The molecule has 0 saturated carbocycles. The van der Waals surface area contributed by atoms with E-state index in [1.54, 1.807) is 25.6 Å². The van der Waals surface area contributed by atoms with Crippen molar-refractivity contribution < 1.29 is 9.53 Å². The number of benzene rings is 1. The van der Waals surface area contributed by atoms with E-state index in [1.165, 1.54) is 11.3 Å². The molecule has 2 heterocycles. The van der Waals surface area contributed by atoms with Crippen LogP contribution in [0, 0.1) is 0 Å². The van der Waals surface area contributed by atoms with E-state index >= 15 is 0 Å². The molecule has 0 unspecified atom stereocenters. The van der Waals surface area contributed by atoms with Crippen LogP contribution in [0.4, 0.5) is 5.69 Å². The lowest BCUT2D eigenvalue weighted by Gasteiger charge is -2.10. The highest BCUT2D eigenvalue weighted by Crippen LogP contribution is 2.30. The van der Waals surface area contributed by atoms with Crippen LogP contribution in [-0.2, 0) is 6.42 Å². The molecule has 0 spiro atoms. The maximum absolute atomic E-state index is 12.3. The highest BCUT2D eigenvalue weighted by Gasteiger charge is 2.13. The van der Waals surface area contributed by atoms with E-state index in [0.29, 0.717) is 16.3 Å². The van der Waals surface area contributed by atoms with Crippen LogP contribution in [0.2, 0.25) is 0 Å². The van der Waals surface area contributed by atoms with Crippen LogP contribution in [0.3, 0.4) is 0 Å². The first-order chi connectivity index (χ1) is 10.7. The Hall–Kier alpha value is -2.47. The van der Waals surface area contributed by atoms with Gasteiger partial charge in [-0.1, -0.05) is 6.92 Å². The average Bonchev–Trinajstić information content (AvgIpc) is 3.04. The molecule has 112 valence electrons. The van der Waals surface area contributed by atoms with Crippen molar-refractivity contribution in [1.29, 1.82) is 0 Å². The minimum absolute atomic E-state index is 0.160. The summed E-state index contributed by atoms with van der Waals surface area (Å²) in [6.45, 7) is 2.02. The van der Waals surface area contributed by atoms with E-state index in [1.807, 2.05) is 25.1 Å². The Morgan fingerprint density at radius 2 is 2.18 bits per heavy atom. The SMILES string of the molecule is CCc1ncc(C(=O)Nc2ccc(OC)c3ncccc23)s1. The van der Waals surface area contributed by atoms with E-state index in [2.05, 4.69) is 15.3 Å². The van der Waals surface area contributed by atoms with Gasteiger partial charge in [0, 0.05) is 11.6 Å². The fraction of sp³-hybridized carbons (Fsp3) is 0.188. The monoisotopic (exact) mass is 313 g/mol. The third kappa shape index (κ3) is 2.65. The number of pyridine rings is 1. The highest BCUT2D eigenvalue weighted by molar-refractivity contribution is 7.13. The van der Waals surface area contributed by atoms with Gasteiger partial charge in [0.25, 0.3) is 5.91 Å². The zero-order valence-corrected chi connectivity index (χ0v) is 13.1. The Morgan fingerprint density at radius 1 is 1.32 bits per heavy atom. The normalized spacial score (nSPS) is 10.6. The summed E-state index contributed by atoms with van der Waals surface area (Å²) < 4.78 is 5.31. The van der Waals surface area contributed by atoms with Crippen LogP contribution in [0.5, 0.6) is 5.75 Å². The molecule has 1 aromatic carbocycles. The van der Waals surface area contributed by atoms with Gasteiger partial charge in [0.15, 0.2) is 0 Å². The fourth-order valence-corrected chi connectivity index (χ4v) is 2.94. The summed E-state index contributed by atoms with van der Waals surface area (Å²) in [5, 5.41) is 4.72. The summed E-state index contributed by atoms with van der Waals surface area (Å²) in [4.78, 5) is 21.5. The van der Waals surface area contributed by atoms with E-state index in [4.69, 9.17) is 4.74 Å². The quantitative estimate of drug-likeness (QED) is 0.800. The standard InChI is InChI=1S/C16H15N3O2S/c1-3-14-18-9-13(22-14)16(20)19-11-6-7-12(21-2)15-10(11)5-4-8-17-15/h4-9H,3H2,1-2H3,(H,19,20). The van der Waals surface area contributed by atoms with Crippen molar-refractivity contribution in [3.05, 3.63) is 46.5 Å². The smallest absolute Gasteiger partial charge is 0.267 e. The lowest BCUT2D eigenvalue weighted by atomic mass is 10.1. The summed E-state index contributed by atoms with van der Waals surface area (Å²) >= 11 is 1.41. The van der Waals surface area contributed by atoms with E-state index in [-0.39, 0.29) is 5.91 Å². The summed E-state index contributed by atoms with van der Waals surface area (Å²) in [5.74, 6) is 0.521. The third-order valence-electron chi connectivity index (χ3n) is 3.28. The first-order valence-corrected chi connectivity index (χ1v) is 7.72. The number of hydrogen-bond donors (Lipinski definition) is 1. The molecule has 0 atom stereocenters. The largest absolute Gasteiger partial charge is 0.494 e. The number of amides is 1. The molecule has 0 aliphatic rings. The number of rotatable bonds is 4. The Bertz CT molecular complexity index is 829. The van der Waals surface area contributed by atoms with Crippen LogP contribution in [0.1, 0.15) is 21.6 Å². The van der Waals surface area contributed by atoms with Crippen LogP contribution in [0.15, 0.2) is 36.7 Å². The molecular weight excluding hydrogens is 298 g/mol. The molecule has 0 aliphatic carbocycles. The predicted octanol–water partition coefficient (Wildman–Crippen LogP) is 3.51. The first kappa shape index (κ1) is 14.5. The number of thiazole rings is 1. The van der Waals surface area contributed by atoms with E-state index in [9.17, 15) is 4.79 Å². The molecule has 3 aromatic rings. The van der Waals surface area contributed by atoms with E-state index < -0.39 is 0 Å². The van der Waals surface area contributed by atoms with Crippen LogP contribution < -0.4 is 10.1 Å². The van der Waals surface area contributed by atoms with Crippen molar-refractivity contribution in [3.8, 4) is 5.75 Å². The predicted molar refractivity (Wildman–Crippen MR) is 87.7 cm³/mol. The van der Waals surface area contributed by atoms with Gasteiger partial charge in [-0.05, 0) is 30.7 Å². The maximum Gasteiger partial charge on any atom is 0.267 e. The molecule has 3 rings (SSSR count). The second kappa shape index (κ2) is 6.11. The van der Waals surface area contributed by atoms with Gasteiger partial charge in [0.05, 0.1) is 24.0 Å². The fourth-order valence-electron chi connectivity index (χ4n) is 2.18. The van der Waals surface area contributed by atoms with E-state index in [0.717, 1.165) is 22.3 Å². The number of hydrogen-bond acceptors (Lipinski definition) is 5. The number of aromatic nitrogens is 2. The Morgan fingerprint density at radius 3 is 2.91 bits per heavy atom. The molecule has 0 saturated heterocycles. The van der Waals surface area contributed by atoms with Crippen molar-refractivity contribution in [1.82, 2.24) is 9.97 Å². The lowest BCUT2D eigenvalue weighted by molar-refractivity contribution is 0.103. The van der Waals surface area contributed by atoms with Gasteiger partial charge in [0.2, 0.25) is 0 Å². The summed E-state index contributed by atoms with van der Waals surface area (Å²) in [7, 11) is 1.60. The van der Waals surface area contributed by atoms with Crippen molar-refractivity contribution in [2.24, 2.45) is 0 Å². The summed E-state index contributed by atoms with van der Waals surface area (Å²) in [6.07, 6.45) is 4.14. The Kier molecular flexibility index (Phi) is 4.02. The van der Waals surface area contributed by atoms with Crippen molar-refractivity contribution in [2.75, 3.05) is 12.4 Å². The number of nitrogens with one attached hydrogen (secondary N) is 1. The van der Waals surface area contributed by atoms with Crippen LogP contribution in [0.25, 0.3) is 10.9 Å². The summed E-state index contributed by atoms with van der Waals surface area (Å²) in [5.41, 5.74) is 1.43. The molecule has 6 heteroatoms. The molecule has 1 amide bonds. The van der Waals surface area contributed by atoms with Gasteiger partial charge in [-0.3, -0.25) is 9.78 Å². The third-order valence-corrected chi connectivity index (χ3v) is 4.42. The minimum Gasteiger partial charge on any atom is -0.494 e. The minimum atomic E-state index is -0.160. The van der Waals surface area contributed by atoms with Crippen molar-refractivity contribution >= 4 is 33.8 Å². The zero-order valence-electron chi connectivity index (χ0n) is 12.3. The van der Waals surface area contributed by atoms with Crippen molar-refractivity contribution in [3.63, 3.8) is 0 Å². The molecule has 0 bridgehead atoms. The number of carbonyl (C=O) groups excluding carboxylic acids is 1. The summed E-state index contributed by atoms with van der Waals surface area (Å²) in [6, 6.07) is 7.36. The molecule has 5 nitrogen and oxygen atoms in total. The molecule has 1 N–H and O–H groups in total. The molecule has 22 heavy (non-hydrogen) atoms. The number of fused-ring (bicyclic) bond motifs is 1. The molecule has 2 aromatic heterocycles. The highest BCUT2D eigenvalue weighted by atomic mass is 32.1. The Balaban J connectivity index is 1.95. The number of ether oxygens (including phenoxy) is 1. The second-order valence-corrected chi connectivity index (χ2v) is 5.76. The molecule has 0 fully saturated rings. The number of aryl methyl sites for hydroxylation is 1. The van der Waals surface area contributed by atoms with Gasteiger partial charge in [-0.2, -0.15) is 0 Å². The Labute approximate surface area is 132 Å². The molecular formula is C16H15N3O2S. The number of carbonyl (C=O) groups is 1. The van der Waals surface area contributed by atoms with Crippen molar-refractivity contribution in [2.45, 2.75) is 13.3 Å². The molecule has 0 aliphatic heterocycles. The lowest BCUT2D eigenvalue weighted by Crippen LogP contribution is -2.10. The average molecular weight is 313 g/mol. The molecule has 0 radical (unpaired) electrons. The van der Waals surface area contributed by atoms with Gasteiger partial charge in [-0.15, -0.1) is 11.3 Å². The zero-order chi connectivity index (χ0) is 15.5. The van der Waals surface area contributed by atoms with Crippen LogP contribution in [-0.4, -0.2) is 23.0 Å². The van der Waals surface area contributed by atoms with Gasteiger partial charge < -0.3 is 10.1 Å². The van der Waals surface area contributed by atoms with Gasteiger partial charge in [-0.25, -0.2) is 4.98 Å². The van der Waals surface area contributed by atoms with Gasteiger partial charge in [0.1, 0.15) is 16.1 Å². The number of nitrogens with zero attached hydrogens (tertiary/aromatic N) is 2. The second-order valence-electron chi connectivity index (χ2n) is 4.64. The maximum atomic E-state index is 12.3. The van der Waals surface area contributed by atoms with Gasteiger partial charge >= 0.3 is 0 Å². The first-order valence-electron chi connectivity index (χ1n) is 6.90. The topological polar surface area (TPSA) is 64.1 Å². The number of anilines is 1. The number of methoxy groups -OCH3 is 1.